The molecule has 3 heteroatoms. The number of hydrogen-bond donors (Lipinski definition) is 0. The average molecular weight is 344 g/mol. The molecular weight excluding hydrogens is 310 g/mol. The Balaban J connectivity index is 1.74. The van der Waals surface area contributed by atoms with Crippen LogP contribution in [-0.4, -0.2) is 38.8 Å². The zero-order valence-corrected chi connectivity index (χ0v) is 16.4. The van der Waals surface area contributed by atoms with Crippen LogP contribution in [0.1, 0.15) is 56.2 Å². The van der Waals surface area contributed by atoms with Gasteiger partial charge in [0.25, 0.3) is 0 Å². The van der Waals surface area contributed by atoms with Gasteiger partial charge in [0.15, 0.2) is 0 Å². The van der Waals surface area contributed by atoms with Crippen LogP contribution in [0.25, 0.3) is 0 Å². The number of nitrogens with zero attached hydrogens (tertiary/aromatic N) is 1. The molecule has 1 aromatic rings. The van der Waals surface area contributed by atoms with E-state index in [1.165, 1.54) is 50.8 Å². The van der Waals surface area contributed by atoms with E-state index in [9.17, 15) is 0 Å². The molecule has 4 rings (SSSR count). The predicted octanol–water partition coefficient (Wildman–Crippen LogP) is 4.17. The number of ether oxygens (including phenoxy) is 2. The van der Waals surface area contributed by atoms with Gasteiger partial charge in [0.2, 0.25) is 0 Å². The second kappa shape index (κ2) is 6.28. The molecule has 0 amide bonds. The van der Waals surface area contributed by atoms with E-state index in [4.69, 9.17) is 9.47 Å². The van der Waals surface area contributed by atoms with Crippen molar-refractivity contribution < 1.29 is 9.47 Å². The molecule has 2 aliphatic carbocycles. The topological polar surface area (TPSA) is 21.5 Å². The van der Waals surface area contributed by atoms with Crippen molar-refractivity contribution in [3.63, 3.8) is 0 Å². The summed E-state index contributed by atoms with van der Waals surface area (Å²) in [5, 5.41) is 0. The lowest BCUT2D eigenvalue weighted by atomic mass is 9.50. The summed E-state index contributed by atoms with van der Waals surface area (Å²) in [5.74, 6) is 1.79. The second-order valence-corrected chi connectivity index (χ2v) is 9.05. The van der Waals surface area contributed by atoms with Gasteiger partial charge >= 0.3 is 0 Å². The fraction of sp³-hybridized carbons (Fsp3) is 0.727. The Morgan fingerprint density at radius 1 is 1.16 bits per heavy atom. The van der Waals surface area contributed by atoms with Crippen molar-refractivity contribution in [2.75, 3.05) is 33.9 Å². The molecule has 0 radical (unpaired) electrons. The average Bonchev–Trinajstić information content (AvgIpc) is 3.38. The Morgan fingerprint density at radius 2 is 1.96 bits per heavy atom. The van der Waals surface area contributed by atoms with Crippen LogP contribution in [0.5, 0.6) is 5.75 Å². The van der Waals surface area contributed by atoms with Gasteiger partial charge in [-0.05, 0) is 59.6 Å². The number of methoxy groups -OCH3 is 2. The van der Waals surface area contributed by atoms with E-state index in [0.29, 0.717) is 11.3 Å². The molecule has 0 aromatic heterocycles. The molecule has 3 atom stereocenters. The van der Waals surface area contributed by atoms with Gasteiger partial charge in [-0.25, -0.2) is 0 Å². The number of aryl methyl sites for hydroxylation is 1. The predicted molar refractivity (Wildman–Crippen MR) is 101 cm³/mol. The molecule has 1 saturated carbocycles. The number of fused-ring (bicyclic) bond motifs is 3. The largest absolute Gasteiger partial charge is 0.496 e. The molecule has 1 aliphatic heterocycles. The van der Waals surface area contributed by atoms with Crippen LogP contribution in [0.2, 0.25) is 0 Å². The molecule has 3 nitrogen and oxygen atoms in total. The third kappa shape index (κ3) is 2.90. The van der Waals surface area contributed by atoms with E-state index in [1.807, 2.05) is 14.2 Å². The van der Waals surface area contributed by atoms with Crippen molar-refractivity contribution in [2.24, 2.45) is 11.3 Å². The van der Waals surface area contributed by atoms with E-state index in [0.717, 1.165) is 18.9 Å². The molecule has 0 unspecified atom stereocenters. The van der Waals surface area contributed by atoms with Gasteiger partial charge in [-0.1, -0.05) is 26.3 Å². The summed E-state index contributed by atoms with van der Waals surface area (Å²) in [7, 11) is 3.68. The molecule has 138 valence electrons. The van der Waals surface area contributed by atoms with E-state index in [2.05, 4.69) is 30.9 Å². The molecule has 0 N–H and O–H groups in total. The van der Waals surface area contributed by atoms with Crippen LogP contribution in [0.3, 0.4) is 0 Å². The van der Waals surface area contributed by atoms with E-state index >= 15 is 0 Å². The van der Waals surface area contributed by atoms with Crippen molar-refractivity contribution in [1.82, 2.24) is 4.90 Å². The second-order valence-electron chi connectivity index (χ2n) is 9.05. The zero-order chi connectivity index (χ0) is 17.7. The first kappa shape index (κ1) is 17.4. The summed E-state index contributed by atoms with van der Waals surface area (Å²) in [5.41, 5.74) is 5.04. The van der Waals surface area contributed by atoms with Crippen molar-refractivity contribution in [3.05, 3.63) is 28.8 Å². The van der Waals surface area contributed by atoms with Crippen molar-refractivity contribution in [2.45, 2.75) is 57.9 Å². The maximum absolute atomic E-state index is 5.81. The van der Waals surface area contributed by atoms with Gasteiger partial charge < -0.3 is 9.47 Å². The molecule has 1 heterocycles. The lowest BCUT2D eigenvalue weighted by molar-refractivity contribution is -0.0325. The van der Waals surface area contributed by atoms with Gasteiger partial charge in [0.1, 0.15) is 5.75 Å². The lowest BCUT2D eigenvalue weighted by Gasteiger charge is -2.55. The Hall–Kier alpha value is -1.06. The summed E-state index contributed by atoms with van der Waals surface area (Å²) in [6.45, 7) is 9.34. The minimum absolute atomic E-state index is 0.255. The molecule has 2 fully saturated rings. The summed E-state index contributed by atoms with van der Waals surface area (Å²) in [4.78, 5) is 2.47. The van der Waals surface area contributed by atoms with Crippen LogP contribution in [0.4, 0.5) is 0 Å². The fourth-order valence-corrected chi connectivity index (χ4v) is 5.97. The van der Waals surface area contributed by atoms with Gasteiger partial charge in [-0.2, -0.15) is 0 Å². The van der Waals surface area contributed by atoms with Crippen molar-refractivity contribution >= 4 is 0 Å². The van der Waals surface area contributed by atoms with Gasteiger partial charge in [0.05, 0.1) is 13.7 Å². The smallest absolute Gasteiger partial charge is 0.123 e. The highest BCUT2D eigenvalue weighted by Crippen LogP contribution is 2.57. The Morgan fingerprint density at radius 3 is 2.64 bits per heavy atom. The third-order valence-corrected chi connectivity index (χ3v) is 7.29. The van der Waals surface area contributed by atoms with Crippen LogP contribution in [0.15, 0.2) is 12.1 Å². The molecule has 3 aliphatic rings. The Bertz CT molecular complexity index is 650. The van der Waals surface area contributed by atoms with Crippen LogP contribution >= 0.6 is 0 Å². The van der Waals surface area contributed by atoms with Crippen molar-refractivity contribution in [1.29, 1.82) is 0 Å². The maximum Gasteiger partial charge on any atom is 0.123 e. The minimum Gasteiger partial charge on any atom is -0.496 e. The van der Waals surface area contributed by atoms with Gasteiger partial charge in [-0.3, -0.25) is 4.90 Å². The van der Waals surface area contributed by atoms with Crippen LogP contribution in [0, 0.1) is 11.3 Å². The number of rotatable bonds is 5. The highest BCUT2D eigenvalue weighted by molar-refractivity contribution is 5.48. The molecule has 1 saturated heterocycles. The molecule has 1 aromatic carbocycles. The van der Waals surface area contributed by atoms with E-state index in [1.54, 1.807) is 11.1 Å². The standard InChI is InChI=1S/C22H33NO2/c1-21(15-24-3)8-5-9-22(2)18-13-19(25-4)17(14-23-10-11-23)12-16(18)6-7-20(21)22/h12-13,20H,5-11,14-15H2,1-4H3/t20-,21+,22+/m0/s1. The summed E-state index contributed by atoms with van der Waals surface area (Å²) in [6, 6.07) is 4.84. The zero-order valence-electron chi connectivity index (χ0n) is 16.4. The number of benzene rings is 1. The highest BCUT2D eigenvalue weighted by atomic mass is 16.5. The maximum atomic E-state index is 5.81. The van der Waals surface area contributed by atoms with Gasteiger partial charge in [0, 0.05) is 32.3 Å². The Labute approximate surface area is 152 Å². The first-order chi connectivity index (χ1) is 12.0. The van der Waals surface area contributed by atoms with Crippen LogP contribution in [-0.2, 0) is 23.1 Å². The number of hydrogen-bond acceptors (Lipinski definition) is 3. The highest BCUT2D eigenvalue weighted by Gasteiger charge is 2.51. The van der Waals surface area contributed by atoms with Gasteiger partial charge in [-0.15, -0.1) is 0 Å². The summed E-state index contributed by atoms with van der Waals surface area (Å²) < 4.78 is 11.5. The first-order valence-corrected chi connectivity index (χ1v) is 9.92. The Kier molecular flexibility index (Phi) is 4.36. The van der Waals surface area contributed by atoms with Crippen molar-refractivity contribution in [3.8, 4) is 5.75 Å². The molecular formula is C22H33NO2. The van der Waals surface area contributed by atoms with Crippen LogP contribution < -0.4 is 4.74 Å². The quantitative estimate of drug-likeness (QED) is 0.749. The molecule has 0 bridgehead atoms. The van der Waals surface area contributed by atoms with E-state index in [-0.39, 0.29) is 5.41 Å². The first-order valence-electron chi connectivity index (χ1n) is 9.92. The third-order valence-electron chi connectivity index (χ3n) is 7.29. The summed E-state index contributed by atoms with van der Waals surface area (Å²) in [6.07, 6.45) is 6.37. The minimum atomic E-state index is 0.255. The monoisotopic (exact) mass is 343 g/mol. The fourth-order valence-electron chi connectivity index (χ4n) is 5.97. The molecule has 0 spiro atoms. The lowest BCUT2D eigenvalue weighted by Crippen LogP contribution is -2.50. The summed E-state index contributed by atoms with van der Waals surface area (Å²) >= 11 is 0. The van der Waals surface area contributed by atoms with E-state index < -0.39 is 0 Å². The molecule has 25 heavy (non-hydrogen) atoms. The normalized spacial score (nSPS) is 34.3. The SMILES string of the molecule is COC[C@@]1(C)CCC[C@]2(C)c3cc(OC)c(CN4CC4)cc3CC[C@@H]12.